The summed E-state index contributed by atoms with van der Waals surface area (Å²) < 4.78 is 8.06. The zero-order chi connectivity index (χ0) is 29.4. The van der Waals surface area contributed by atoms with Crippen LogP contribution in [0, 0.1) is 13.8 Å². The van der Waals surface area contributed by atoms with E-state index in [1.54, 1.807) is 35.4 Å². The lowest BCUT2D eigenvalue weighted by atomic mass is 10.1. The number of carboxylic acid groups (broad SMARTS) is 1. The third-order valence-corrected chi connectivity index (χ3v) is 8.19. The minimum absolute atomic E-state index is 0.138. The first kappa shape index (κ1) is 30.5. The quantitative estimate of drug-likeness (QED) is 0.122. The molecule has 8 nitrogen and oxygen atoms in total. The van der Waals surface area contributed by atoms with Gasteiger partial charge in [-0.05, 0) is 68.2 Å². The number of ether oxygens (including phenoxy) is 1. The number of rotatable bonds is 14. The van der Waals surface area contributed by atoms with Crippen LogP contribution < -0.4 is 10.3 Å². The van der Waals surface area contributed by atoms with Gasteiger partial charge in [-0.15, -0.1) is 0 Å². The van der Waals surface area contributed by atoms with Gasteiger partial charge in [0.2, 0.25) is 5.88 Å². The van der Waals surface area contributed by atoms with Crippen molar-refractivity contribution in [3.8, 4) is 11.6 Å². The number of thiocarbonyl (C=S) groups is 1. The van der Waals surface area contributed by atoms with Crippen LogP contribution in [0.1, 0.15) is 74.5 Å². The Kier molecular flexibility index (Phi) is 10.7. The number of amides is 1. The van der Waals surface area contributed by atoms with Gasteiger partial charge in [0.15, 0.2) is 0 Å². The molecule has 41 heavy (non-hydrogen) atoms. The highest BCUT2D eigenvalue weighted by atomic mass is 32.2. The molecule has 3 heterocycles. The van der Waals surface area contributed by atoms with E-state index in [1.807, 2.05) is 32.0 Å². The average Bonchev–Trinajstić information content (AvgIpc) is 3.18. The molecule has 1 N–H and O–H groups in total. The SMILES string of the molecule is Cc1cc(C)cc(Oc2nc3ccccn3c(=O)c2/C=C2/SC(=S)N(CCCCCCCCCCC(=O)O)C2=O)c1. The third-order valence-electron chi connectivity index (χ3n) is 6.82. The maximum Gasteiger partial charge on any atom is 0.303 e. The molecule has 1 aliphatic rings. The Balaban J connectivity index is 1.43. The molecule has 0 aliphatic carbocycles. The second kappa shape index (κ2) is 14.4. The normalized spacial score (nSPS) is 14.4. The Morgan fingerprint density at radius 3 is 2.34 bits per heavy atom. The third kappa shape index (κ3) is 8.27. The first-order valence-electron chi connectivity index (χ1n) is 14.0. The van der Waals surface area contributed by atoms with E-state index in [-0.39, 0.29) is 29.3 Å². The number of benzene rings is 1. The van der Waals surface area contributed by atoms with E-state index in [0.717, 1.165) is 62.5 Å². The molecule has 10 heteroatoms. The number of aliphatic carboxylic acids is 1. The molecule has 3 aromatic rings. The predicted octanol–water partition coefficient (Wildman–Crippen LogP) is 6.90. The number of aryl methyl sites for hydroxylation is 2. The van der Waals surface area contributed by atoms with E-state index in [4.69, 9.17) is 22.1 Å². The summed E-state index contributed by atoms with van der Waals surface area (Å²) >= 11 is 6.71. The van der Waals surface area contributed by atoms with Crippen LogP contribution in [-0.2, 0) is 9.59 Å². The van der Waals surface area contributed by atoms with E-state index in [1.165, 1.54) is 16.2 Å². The maximum absolute atomic E-state index is 13.5. The highest BCUT2D eigenvalue weighted by Gasteiger charge is 2.32. The van der Waals surface area contributed by atoms with E-state index in [0.29, 0.717) is 27.2 Å². The number of thioether (sulfide) groups is 1. The van der Waals surface area contributed by atoms with Gasteiger partial charge in [-0.1, -0.05) is 74.6 Å². The molecule has 0 bridgehead atoms. The standard InChI is InChI=1S/C31H35N3O5S2/c1-21-17-22(2)19-23(18-21)39-28-24(29(37)33-15-12-10-13-26(33)32-28)20-25-30(38)34(31(40)41-25)16-11-8-6-4-3-5-7-9-14-27(35)36/h10,12-13,15,17-20H,3-9,11,14,16H2,1-2H3,(H,35,36)/b25-20+. The number of unbranched alkanes of at least 4 members (excludes halogenated alkanes) is 7. The Morgan fingerprint density at radius 2 is 1.66 bits per heavy atom. The molecule has 1 aliphatic heterocycles. The van der Waals surface area contributed by atoms with Crippen LogP contribution in [0.5, 0.6) is 11.6 Å². The number of carbonyl (C=O) groups is 2. The molecule has 1 fully saturated rings. The van der Waals surface area contributed by atoms with Crippen molar-refractivity contribution in [2.75, 3.05) is 6.54 Å². The largest absolute Gasteiger partial charge is 0.481 e. The fraction of sp³-hybridized carbons (Fsp3) is 0.387. The summed E-state index contributed by atoms with van der Waals surface area (Å²) in [5.41, 5.74) is 2.35. The van der Waals surface area contributed by atoms with Crippen LogP contribution in [0.2, 0.25) is 0 Å². The van der Waals surface area contributed by atoms with Gasteiger partial charge in [-0.2, -0.15) is 4.98 Å². The second-order valence-corrected chi connectivity index (χ2v) is 12.0. The fourth-order valence-corrected chi connectivity index (χ4v) is 6.11. The first-order valence-corrected chi connectivity index (χ1v) is 15.2. The first-order chi connectivity index (χ1) is 19.7. The minimum atomic E-state index is -0.733. The summed E-state index contributed by atoms with van der Waals surface area (Å²) in [5, 5.41) is 8.70. The molecule has 4 rings (SSSR count). The summed E-state index contributed by atoms with van der Waals surface area (Å²) in [4.78, 5) is 44.0. The molecule has 216 valence electrons. The van der Waals surface area contributed by atoms with E-state index in [9.17, 15) is 14.4 Å². The maximum atomic E-state index is 13.5. The molecular formula is C31H35N3O5S2. The van der Waals surface area contributed by atoms with Crippen LogP contribution in [0.25, 0.3) is 11.7 Å². The predicted molar refractivity (Wildman–Crippen MR) is 167 cm³/mol. The Morgan fingerprint density at radius 1 is 1.00 bits per heavy atom. The average molecular weight is 594 g/mol. The molecule has 0 radical (unpaired) electrons. The Hall–Kier alpha value is -3.50. The van der Waals surface area contributed by atoms with Crippen LogP contribution in [0.4, 0.5) is 0 Å². The molecule has 0 saturated carbocycles. The molecule has 2 aromatic heterocycles. The van der Waals surface area contributed by atoms with E-state index < -0.39 is 5.97 Å². The number of carboxylic acids is 1. The van der Waals surface area contributed by atoms with Crippen molar-refractivity contribution in [1.29, 1.82) is 0 Å². The number of carbonyl (C=O) groups excluding carboxylic acids is 1. The summed E-state index contributed by atoms with van der Waals surface area (Å²) in [6.45, 7) is 4.47. The topological polar surface area (TPSA) is 101 Å². The molecular weight excluding hydrogens is 558 g/mol. The van der Waals surface area contributed by atoms with Crippen LogP contribution >= 0.6 is 24.0 Å². The van der Waals surface area contributed by atoms with Gasteiger partial charge in [0, 0.05) is 19.2 Å². The van der Waals surface area contributed by atoms with Crippen molar-refractivity contribution >= 4 is 51.9 Å². The number of nitrogens with zero attached hydrogens (tertiary/aromatic N) is 3. The molecule has 1 aromatic carbocycles. The van der Waals surface area contributed by atoms with Crippen molar-refractivity contribution in [3.05, 3.63) is 74.5 Å². The number of hydrogen-bond acceptors (Lipinski definition) is 7. The molecule has 0 spiro atoms. The summed E-state index contributed by atoms with van der Waals surface area (Å²) in [5.74, 6) is -0.243. The zero-order valence-electron chi connectivity index (χ0n) is 23.4. The Labute approximate surface area is 249 Å². The van der Waals surface area contributed by atoms with Crippen molar-refractivity contribution in [3.63, 3.8) is 0 Å². The number of pyridine rings is 1. The minimum Gasteiger partial charge on any atom is -0.481 e. The van der Waals surface area contributed by atoms with Crippen molar-refractivity contribution < 1.29 is 19.4 Å². The summed E-state index contributed by atoms with van der Waals surface area (Å²) in [7, 11) is 0. The van der Waals surface area contributed by atoms with Gasteiger partial charge < -0.3 is 9.84 Å². The second-order valence-electron chi connectivity index (χ2n) is 10.3. The van der Waals surface area contributed by atoms with Gasteiger partial charge >= 0.3 is 5.97 Å². The van der Waals surface area contributed by atoms with Gasteiger partial charge in [-0.25, -0.2) is 0 Å². The summed E-state index contributed by atoms with van der Waals surface area (Å²) in [6.07, 6.45) is 11.2. The van der Waals surface area contributed by atoms with E-state index in [2.05, 4.69) is 4.98 Å². The monoisotopic (exact) mass is 593 g/mol. The Bertz CT molecular complexity index is 1510. The van der Waals surface area contributed by atoms with Crippen molar-refractivity contribution in [2.24, 2.45) is 0 Å². The van der Waals surface area contributed by atoms with Gasteiger partial charge in [0.05, 0.1) is 4.91 Å². The highest BCUT2D eigenvalue weighted by Crippen LogP contribution is 2.34. The van der Waals surface area contributed by atoms with Gasteiger partial charge in [0.1, 0.15) is 21.3 Å². The number of hydrogen-bond donors (Lipinski definition) is 1. The highest BCUT2D eigenvalue weighted by molar-refractivity contribution is 8.26. The lowest BCUT2D eigenvalue weighted by molar-refractivity contribution is -0.137. The van der Waals surface area contributed by atoms with Gasteiger partial charge in [0.25, 0.3) is 11.5 Å². The lowest BCUT2D eigenvalue weighted by Crippen LogP contribution is -2.29. The van der Waals surface area contributed by atoms with Crippen molar-refractivity contribution in [1.82, 2.24) is 14.3 Å². The number of aromatic nitrogens is 2. The van der Waals surface area contributed by atoms with Crippen molar-refractivity contribution in [2.45, 2.75) is 71.6 Å². The zero-order valence-corrected chi connectivity index (χ0v) is 25.1. The lowest BCUT2D eigenvalue weighted by Gasteiger charge is -2.14. The van der Waals surface area contributed by atoms with E-state index >= 15 is 0 Å². The van der Waals surface area contributed by atoms with Crippen LogP contribution in [0.15, 0.2) is 52.3 Å². The number of fused-ring (bicyclic) bond motifs is 1. The molecule has 0 unspecified atom stereocenters. The van der Waals surface area contributed by atoms with Crippen LogP contribution in [0.3, 0.4) is 0 Å². The molecule has 1 amide bonds. The fourth-order valence-electron chi connectivity index (χ4n) is 4.82. The molecule has 0 atom stereocenters. The van der Waals surface area contributed by atoms with Crippen LogP contribution in [-0.4, -0.2) is 42.1 Å². The smallest absolute Gasteiger partial charge is 0.303 e. The summed E-state index contributed by atoms with van der Waals surface area (Å²) in [6, 6.07) is 11.1. The molecule has 1 saturated heterocycles. The van der Waals surface area contributed by atoms with Gasteiger partial charge in [-0.3, -0.25) is 23.7 Å².